The minimum Gasteiger partial charge on any atom is -0.455 e. The summed E-state index contributed by atoms with van der Waals surface area (Å²) < 4.78 is 5.65. The lowest BCUT2D eigenvalue weighted by Crippen LogP contribution is -2.38. The fourth-order valence-corrected chi connectivity index (χ4v) is 4.88. The van der Waals surface area contributed by atoms with Crippen LogP contribution in [0.1, 0.15) is 18.6 Å². The number of rotatable bonds is 4. The topological polar surface area (TPSA) is 106 Å². The molecule has 1 aromatic heterocycles. The molecule has 1 aliphatic heterocycles. The van der Waals surface area contributed by atoms with Crippen molar-refractivity contribution in [3.8, 4) is 11.3 Å². The Kier molecular flexibility index (Phi) is 4.32. The molecule has 9 heteroatoms. The monoisotopic (exact) mass is 425 g/mol. The Labute approximate surface area is 175 Å². The van der Waals surface area contributed by atoms with E-state index < -0.39 is 4.92 Å². The van der Waals surface area contributed by atoms with Crippen molar-refractivity contribution in [2.45, 2.75) is 12.8 Å². The number of benzene rings is 1. The second-order valence-corrected chi connectivity index (χ2v) is 8.13. The minimum absolute atomic E-state index is 0.0947. The van der Waals surface area contributed by atoms with Crippen LogP contribution in [-0.4, -0.2) is 28.0 Å². The average molecular weight is 426 g/mol. The SMILES string of the molecule is O=C1[C@@H]2[C@@H](C(=O)N1/N=C\c1ccc(-c3ccc(Cl)cc3[N+](=O)[O-])o1)[C@@H]1C=C[C@@H]2CC1. The number of halogens is 1. The summed E-state index contributed by atoms with van der Waals surface area (Å²) in [6.07, 6.45) is 7.21. The lowest BCUT2D eigenvalue weighted by atomic mass is 9.63. The highest BCUT2D eigenvalue weighted by atomic mass is 35.5. The maximum absolute atomic E-state index is 12.8. The smallest absolute Gasteiger partial charge is 0.281 e. The van der Waals surface area contributed by atoms with Crippen molar-refractivity contribution in [1.82, 2.24) is 5.01 Å². The number of allylic oxidation sites excluding steroid dienone is 2. The van der Waals surface area contributed by atoms with Crippen LogP contribution in [0.15, 0.2) is 52.0 Å². The number of nitrogens with zero attached hydrogens (tertiary/aromatic N) is 3. The van der Waals surface area contributed by atoms with Crippen LogP contribution in [0.3, 0.4) is 0 Å². The van der Waals surface area contributed by atoms with Crippen molar-refractivity contribution in [2.75, 3.05) is 0 Å². The second-order valence-electron chi connectivity index (χ2n) is 7.69. The van der Waals surface area contributed by atoms with E-state index in [1.165, 1.54) is 24.4 Å². The average Bonchev–Trinajstić information content (AvgIpc) is 3.31. The van der Waals surface area contributed by atoms with E-state index >= 15 is 0 Å². The van der Waals surface area contributed by atoms with Crippen molar-refractivity contribution in [3.63, 3.8) is 0 Å². The van der Waals surface area contributed by atoms with Gasteiger partial charge in [0.15, 0.2) is 0 Å². The number of carbonyl (C=O) groups excluding carboxylic acids is 2. The van der Waals surface area contributed by atoms with Crippen LogP contribution in [-0.2, 0) is 9.59 Å². The Balaban J connectivity index is 1.40. The molecular weight excluding hydrogens is 410 g/mol. The van der Waals surface area contributed by atoms with Gasteiger partial charge in [-0.05, 0) is 48.9 Å². The predicted octanol–water partition coefficient (Wildman–Crippen LogP) is 4.04. The van der Waals surface area contributed by atoms with Crippen molar-refractivity contribution in [1.29, 1.82) is 0 Å². The van der Waals surface area contributed by atoms with Crippen molar-refractivity contribution < 1.29 is 18.9 Å². The third-order valence-electron chi connectivity index (χ3n) is 6.09. The zero-order valence-electron chi connectivity index (χ0n) is 15.6. The van der Waals surface area contributed by atoms with Crippen LogP contribution in [0.25, 0.3) is 11.3 Å². The molecule has 1 saturated carbocycles. The van der Waals surface area contributed by atoms with E-state index in [4.69, 9.17) is 16.0 Å². The standard InChI is InChI=1S/C21H16ClN3O5/c22-13-5-7-15(16(9-13)25(28)29)17-8-6-14(30-17)10-23-24-20(26)18-11-1-2-12(4-3-11)19(18)21(24)27/h1-2,5-12,18-19H,3-4H2/b23-10-/t11-,12-,18+,19+/m1/s1. The van der Waals surface area contributed by atoms with E-state index in [0.717, 1.165) is 17.9 Å². The van der Waals surface area contributed by atoms with Crippen molar-refractivity contribution >= 4 is 35.3 Å². The van der Waals surface area contributed by atoms with Crippen LogP contribution in [0.2, 0.25) is 5.02 Å². The largest absolute Gasteiger partial charge is 0.455 e. The Morgan fingerprint density at radius 3 is 2.37 bits per heavy atom. The normalized spacial score (nSPS) is 27.3. The molecule has 2 amide bonds. The highest BCUT2D eigenvalue weighted by molar-refractivity contribution is 6.30. The summed E-state index contributed by atoms with van der Waals surface area (Å²) in [4.78, 5) is 36.3. The Morgan fingerprint density at radius 1 is 1.10 bits per heavy atom. The molecule has 3 aliphatic carbocycles. The van der Waals surface area contributed by atoms with Gasteiger partial charge in [0.25, 0.3) is 17.5 Å². The third-order valence-corrected chi connectivity index (χ3v) is 6.32. The third kappa shape index (κ3) is 2.87. The van der Waals surface area contributed by atoms with Crippen LogP contribution >= 0.6 is 11.6 Å². The van der Waals surface area contributed by atoms with E-state index in [9.17, 15) is 19.7 Å². The molecule has 2 fully saturated rings. The van der Waals surface area contributed by atoms with E-state index in [-0.39, 0.29) is 63.3 Å². The maximum atomic E-state index is 12.8. The van der Waals surface area contributed by atoms with Gasteiger partial charge in [0.2, 0.25) is 0 Å². The van der Waals surface area contributed by atoms with Crippen LogP contribution in [0.4, 0.5) is 5.69 Å². The summed E-state index contributed by atoms with van der Waals surface area (Å²) >= 11 is 5.85. The fraction of sp³-hybridized carbons (Fsp3) is 0.286. The summed E-state index contributed by atoms with van der Waals surface area (Å²) in [7, 11) is 0. The van der Waals surface area contributed by atoms with Gasteiger partial charge in [0, 0.05) is 11.1 Å². The molecule has 2 aromatic rings. The minimum atomic E-state index is -0.539. The number of hydrogen-bond acceptors (Lipinski definition) is 6. The maximum Gasteiger partial charge on any atom is 0.281 e. The first kappa shape index (κ1) is 18.7. The summed E-state index contributed by atoms with van der Waals surface area (Å²) in [6, 6.07) is 7.42. The van der Waals surface area contributed by atoms with Crippen LogP contribution in [0.5, 0.6) is 0 Å². The Bertz CT molecular complexity index is 1110. The van der Waals surface area contributed by atoms with Crippen molar-refractivity contribution in [3.05, 3.63) is 63.4 Å². The number of hydrazone groups is 1. The number of amides is 2. The highest BCUT2D eigenvalue weighted by Gasteiger charge is 2.56. The highest BCUT2D eigenvalue weighted by Crippen LogP contribution is 2.49. The molecule has 8 nitrogen and oxygen atoms in total. The van der Waals surface area contributed by atoms with Gasteiger partial charge in [0.1, 0.15) is 11.5 Å². The molecule has 1 aromatic carbocycles. The van der Waals surface area contributed by atoms with Gasteiger partial charge in [-0.1, -0.05) is 23.8 Å². The molecule has 4 atom stereocenters. The molecule has 30 heavy (non-hydrogen) atoms. The quantitative estimate of drug-likeness (QED) is 0.241. The van der Waals surface area contributed by atoms with E-state index in [0.29, 0.717) is 0 Å². The Morgan fingerprint density at radius 2 is 1.77 bits per heavy atom. The van der Waals surface area contributed by atoms with E-state index in [2.05, 4.69) is 5.10 Å². The molecule has 6 rings (SSSR count). The molecule has 0 N–H and O–H groups in total. The van der Waals surface area contributed by atoms with Gasteiger partial charge in [0.05, 0.1) is 28.5 Å². The summed E-state index contributed by atoms with van der Waals surface area (Å²) in [5.74, 6) is -0.499. The van der Waals surface area contributed by atoms with E-state index in [1.54, 1.807) is 12.1 Å². The van der Waals surface area contributed by atoms with Gasteiger partial charge in [-0.2, -0.15) is 10.1 Å². The number of imide groups is 1. The first-order valence-corrected chi connectivity index (χ1v) is 9.96. The first-order chi connectivity index (χ1) is 14.4. The summed E-state index contributed by atoms with van der Waals surface area (Å²) in [5.41, 5.74) is 0.0864. The molecule has 2 heterocycles. The zero-order chi connectivity index (χ0) is 21.0. The van der Waals surface area contributed by atoms with Gasteiger partial charge in [-0.25, -0.2) is 0 Å². The molecule has 4 aliphatic rings. The fourth-order valence-electron chi connectivity index (χ4n) is 4.72. The van der Waals surface area contributed by atoms with Gasteiger partial charge in [-0.15, -0.1) is 0 Å². The summed E-state index contributed by atoms with van der Waals surface area (Å²) in [6.45, 7) is 0. The van der Waals surface area contributed by atoms with Crippen molar-refractivity contribution in [2.24, 2.45) is 28.8 Å². The zero-order valence-corrected chi connectivity index (χ0v) is 16.4. The number of hydrogen-bond donors (Lipinski definition) is 0. The first-order valence-electron chi connectivity index (χ1n) is 9.58. The Hall–Kier alpha value is -3.26. The summed E-state index contributed by atoms with van der Waals surface area (Å²) in [5, 5.41) is 16.6. The number of furan rings is 1. The second kappa shape index (κ2) is 6.91. The molecular formula is C21H16ClN3O5. The number of nitro groups is 1. The van der Waals surface area contributed by atoms with E-state index in [1.807, 2.05) is 12.2 Å². The van der Waals surface area contributed by atoms with Crippen LogP contribution in [0, 0.1) is 33.8 Å². The number of nitro benzene ring substituents is 1. The molecule has 0 spiro atoms. The lowest BCUT2D eigenvalue weighted by molar-refractivity contribution is -0.384. The molecule has 0 radical (unpaired) electrons. The number of carbonyl (C=O) groups is 2. The lowest BCUT2D eigenvalue weighted by Gasteiger charge is -2.37. The van der Waals surface area contributed by atoms with Gasteiger partial charge >= 0.3 is 0 Å². The molecule has 0 unspecified atom stereocenters. The molecule has 1 saturated heterocycles. The predicted molar refractivity (Wildman–Crippen MR) is 108 cm³/mol. The molecule has 2 bridgehead atoms. The van der Waals surface area contributed by atoms with Gasteiger partial charge in [-0.3, -0.25) is 19.7 Å². The van der Waals surface area contributed by atoms with Gasteiger partial charge < -0.3 is 4.42 Å². The van der Waals surface area contributed by atoms with Crippen LogP contribution < -0.4 is 0 Å². The molecule has 152 valence electrons. The number of fused-ring (bicyclic) bond motifs is 1.